The van der Waals surface area contributed by atoms with Gasteiger partial charge in [0.05, 0.1) is 0 Å². The molecule has 1 aromatic carbocycles. The van der Waals surface area contributed by atoms with Gasteiger partial charge >= 0.3 is 0 Å². The zero-order valence-electron chi connectivity index (χ0n) is 7.97. The lowest BCUT2D eigenvalue weighted by molar-refractivity contribution is 1.08. The first-order valence-electron chi connectivity index (χ1n) is 4.51. The quantitative estimate of drug-likeness (QED) is 0.737. The van der Waals surface area contributed by atoms with E-state index in [0.717, 1.165) is 5.03 Å². The SMILES string of the molecule is Cc1cccnc1Sc1ccccc1. The number of aryl methyl sites for hydroxylation is 1. The topological polar surface area (TPSA) is 12.9 Å². The van der Waals surface area contributed by atoms with E-state index in [4.69, 9.17) is 0 Å². The van der Waals surface area contributed by atoms with E-state index in [9.17, 15) is 0 Å². The summed E-state index contributed by atoms with van der Waals surface area (Å²) in [6.45, 7) is 2.08. The Hall–Kier alpha value is -1.28. The second-order valence-electron chi connectivity index (χ2n) is 3.04. The molecule has 2 rings (SSSR count). The number of aromatic nitrogens is 1. The van der Waals surface area contributed by atoms with Gasteiger partial charge in [-0.25, -0.2) is 4.98 Å². The molecule has 14 heavy (non-hydrogen) atoms. The Kier molecular flexibility index (Phi) is 2.84. The second kappa shape index (κ2) is 4.29. The van der Waals surface area contributed by atoms with Gasteiger partial charge in [0.25, 0.3) is 0 Å². The van der Waals surface area contributed by atoms with Crippen LogP contribution in [0.25, 0.3) is 0 Å². The Morgan fingerprint density at radius 3 is 2.50 bits per heavy atom. The minimum Gasteiger partial charge on any atom is -0.249 e. The summed E-state index contributed by atoms with van der Waals surface area (Å²) < 4.78 is 0. The van der Waals surface area contributed by atoms with Crippen molar-refractivity contribution in [3.8, 4) is 0 Å². The van der Waals surface area contributed by atoms with Crippen LogP contribution in [0.4, 0.5) is 0 Å². The molecule has 0 atom stereocenters. The van der Waals surface area contributed by atoms with Gasteiger partial charge in [-0.2, -0.15) is 0 Å². The minimum atomic E-state index is 1.08. The van der Waals surface area contributed by atoms with Crippen molar-refractivity contribution in [2.24, 2.45) is 0 Å². The lowest BCUT2D eigenvalue weighted by Crippen LogP contribution is -1.83. The number of benzene rings is 1. The van der Waals surface area contributed by atoms with E-state index in [1.807, 2.05) is 30.5 Å². The Balaban J connectivity index is 2.24. The Morgan fingerprint density at radius 1 is 1.00 bits per heavy atom. The average Bonchev–Trinajstić information content (AvgIpc) is 2.23. The maximum absolute atomic E-state index is 4.34. The molecule has 0 saturated heterocycles. The lowest BCUT2D eigenvalue weighted by atomic mass is 10.3. The fourth-order valence-electron chi connectivity index (χ4n) is 1.18. The number of hydrogen-bond acceptors (Lipinski definition) is 2. The summed E-state index contributed by atoms with van der Waals surface area (Å²) in [4.78, 5) is 5.57. The molecular formula is C12H11NS. The Labute approximate surface area is 88.2 Å². The van der Waals surface area contributed by atoms with Crippen LogP contribution in [0.1, 0.15) is 5.56 Å². The molecule has 0 amide bonds. The molecule has 0 saturated carbocycles. The summed E-state index contributed by atoms with van der Waals surface area (Å²) >= 11 is 1.70. The Morgan fingerprint density at radius 2 is 1.79 bits per heavy atom. The van der Waals surface area contributed by atoms with Crippen molar-refractivity contribution in [3.05, 3.63) is 54.2 Å². The van der Waals surface area contributed by atoms with Crippen LogP contribution in [0.5, 0.6) is 0 Å². The lowest BCUT2D eigenvalue weighted by Gasteiger charge is -2.02. The fourth-order valence-corrected chi connectivity index (χ4v) is 2.04. The van der Waals surface area contributed by atoms with Gasteiger partial charge in [0.1, 0.15) is 5.03 Å². The van der Waals surface area contributed by atoms with Gasteiger partial charge in [-0.1, -0.05) is 36.0 Å². The normalized spacial score (nSPS) is 10.1. The molecule has 1 heterocycles. The van der Waals surface area contributed by atoms with Crippen molar-refractivity contribution in [1.82, 2.24) is 4.98 Å². The first-order chi connectivity index (χ1) is 6.86. The van der Waals surface area contributed by atoms with E-state index in [1.165, 1.54) is 10.5 Å². The van der Waals surface area contributed by atoms with Crippen LogP contribution in [0.2, 0.25) is 0 Å². The van der Waals surface area contributed by atoms with Gasteiger partial charge in [0.2, 0.25) is 0 Å². The molecule has 0 spiro atoms. The molecule has 0 aliphatic carbocycles. The van der Waals surface area contributed by atoms with Gasteiger partial charge in [-0.3, -0.25) is 0 Å². The highest BCUT2D eigenvalue weighted by atomic mass is 32.2. The maximum Gasteiger partial charge on any atom is 0.104 e. The average molecular weight is 201 g/mol. The first kappa shape index (κ1) is 9.28. The highest BCUT2D eigenvalue weighted by molar-refractivity contribution is 7.99. The van der Waals surface area contributed by atoms with E-state index in [-0.39, 0.29) is 0 Å². The highest BCUT2D eigenvalue weighted by Crippen LogP contribution is 2.27. The summed E-state index contributed by atoms with van der Waals surface area (Å²) in [6, 6.07) is 14.3. The minimum absolute atomic E-state index is 1.08. The molecule has 70 valence electrons. The van der Waals surface area contributed by atoms with E-state index in [0.29, 0.717) is 0 Å². The molecule has 0 unspecified atom stereocenters. The van der Waals surface area contributed by atoms with E-state index >= 15 is 0 Å². The predicted octanol–water partition coefficient (Wildman–Crippen LogP) is 3.54. The van der Waals surface area contributed by atoms with Crippen LogP contribution >= 0.6 is 11.8 Å². The predicted molar refractivity (Wildman–Crippen MR) is 59.5 cm³/mol. The highest BCUT2D eigenvalue weighted by Gasteiger charge is 2.00. The zero-order chi connectivity index (χ0) is 9.80. The number of pyridine rings is 1. The van der Waals surface area contributed by atoms with Crippen molar-refractivity contribution in [3.63, 3.8) is 0 Å². The largest absolute Gasteiger partial charge is 0.249 e. The third kappa shape index (κ3) is 2.15. The summed E-state index contributed by atoms with van der Waals surface area (Å²) in [6.07, 6.45) is 1.83. The van der Waals surface area contributed by atoms with Gasteiger partial charge in [0.15, 0.2) is 0 Å². The first-order valence-corrected chi connectivity index (χ1v) is 5.32. The third-order valence-electron chi connectivity index (χ3n) is 1.92. The van der Waals surface area contributed by atoms with Gasteiger partial charge in [0, 0.05) is 11.1 Å². The van der Waals surface area contributed by atoms with E-state index in [2.05, 4.69) is 30.1 Å². The van der Waals surface area contributed by atoms with Gasteiger partial charge < -0.3 is 0 Å². The van der Waals surface area contributed by atoms with Gasteiger partial charge in [-0.05, 0) is 30.7 Å². The maximum atomic E-state index is 4.34. The fraction of sp³-hybridized carbons (Fsp3) is 0.0833. The summed E-state index contributed by atoms with van der Waals surface area (Å²) in [5, 5.41) is 1.08. The van der Waals surface area contributed by atoms with Crippen molar-refractivity contribution >= 4 is 11.8 Å². The van der Waals surface area contributed by atoms with Crippen LogP contribution in [0.15, 0.2) is 58.6 Å². The van der Waals surface area contributed by atoms with Crippen LogP contribution in [-0.4, -0.2) is 4.98 Å². The summed E-state index contributed by atoms with van der Waals surface area (Å²) in [5.74, 6) is 0. The molecule has 0 fully saturated rings. The summed E-state index contributed by atoms with van der Waals surface area (Å²) in [5.41, 5.74) is 1.22. The van der Waals surface area contributed by atoms with E-state index < -0.39 is 0 Å². The molecule has 0 aliphatic rings. The third-order valence-corrected chi connectivity index (χ3v) is 3.05. The van der Waals surface area contributed by atoms with Crippen molar-refractivity contribution in [2.45, 2.75) is 16.8 Å². The number of nitrogens with zero attached hydrogens (tertiary/aromatic N) is 1. The molecule has 2 heteroatoms. The van der Waals surface area contributed by atoms with Crippen LogP contribution < -0.4 is 0 Å². The molecule has 0 N–H and O–H groups in total. The van der Waals surface area contributed by atoms with E-state index in [1.54, 1.807) is 11.8 Å². The molecule has 0 radical (unpaired) electrons. The van der Waals surface area contributed by atoms with Crippen molar-refractivity contribution < 1.29 is 0 Å². The van der Waals surface area contributed by atoms with Crippen LogP contribution in [0.3, 0.4) is 0 Å². The smallest absolute Gasteiger partial charge is 0.104 e. The standard InChI is InChI=1S/C12H11NS/c1-10-6-5-9-13-12(10)14-11-7-3-2-4-8-11/h2-9H,1H3. The Bertz CT molecular complexity index is 412. The second-order valence-corrected chi connectivity index (χ2v) is 4.10. The molecule has 1 aromatic heterocycles. The number of rotatable bonds is 2. The van der Waals surface area contributed by atoms with Gasteiger partial charge in [-0.15, -0.1) is 0 Å². The molecule has 0 aliphatic heterocycles. The molecule has 0 bridgehead atoms. The summed E-state index contributed by atoms with van der Waals surface area (Å²) in [7, 11) is 0. The van der Waals surface area contributed by atoms with Crippen LogP contribution in [0, 0.1) is 6.92 Å². The van der Waals surface area contributed by atoms with Crippen molar-refractivity contribution in [2.75, 3.05) is 0 Å². The van der Waals surface area contributed by atoms with Crippen molar-refractivity contribution in [1.29, 1.82) is 0 Å². The molecule has 1 nitrogen and oxygen atoms in total. The monoisotopic (exact) mass is 201 g/mol. The molecular weight excluding hydrogens is 190 g/mol. The number of hydrogen-bond donors (Lipinski definition) is 0. The van der Waals surface area contributed by atoms with Crippen LogP contribution in [-0.2, 0) is 0 Å². The zero-order valence-corrected chi connectivity index (χ0v) is 8.79. The molecule has 2 aromatic rings.